The number of hydrogen-bond donors (Lipinski definition) is 3. The third-order valence-electron chi connectivity index (χ3n) is 2.03. The van der Waals surface area contributed by atoms with E-state index in [4.69, 9.17) is 0 Å². The van der Waals surface area contributed by atoms with Crippen molar-refractivity contribution in [2.75, 3.05) is 4.72 Å². The number of hydrogen-bond acceptors (Lipinski definition) is 3. The van der Waals surface area contributed by atoms with Crippen LogP contribution in [-0.4, -0.2) is 8.42 Å². The molecule has 1 heterocycles. The summed E-state index contributed by atoms with van der Waals surface area (Å²) in [5.41, 5.74) is 2.59. The van der Waals surface area contributed by atoms with E-state index in [0.29, 0.717) is 5.69 Å². The van der Waals surface area contributed by atoms with E-state index in [1.54, 1.807) is 18.3 Å². The smallest absolute Gasteiger partial charge is 0.222 e. The lowest BCUT2D eigenvalue weighted by atomic mass is 10.1. The van der Waals surface area contributed by atoms with E-state index in [-0.39, 0.29) is 0 Å². The molecule has 0 radical (unpaired) electrons. The molecule has 0 aromatic heterocycles. The molecule has 0 fully saturated rings. The summed E-state index contributed by atoms with van der Waals surface area (Å²) in [6.07, 6.45) is 7.43. The molecule has 1 aromatic carbocycles. The van der Waals surface area contributed by atoms with Crippen molar-refractivity contribution in [3.8, 4) is 0 Å². The number of benzene rings is 1. The Morgan fingerprint density at radius 1 is 1.07 bits per heavy atom. The number of fused-ring (bicyclic) bond motifs is 1. The minimum Gasteiger partial charge on any atom is -0.368 e. The van der Waals surface area contributed by atoms with Gasteiger partial charge in [-0.15, -0.1) is 0 Å². The van der Waals surface area contributed by atoms with Gasteiger partial charge in [0.15, 0.2) is 0 Å². The summed E-state index contributed by atoms with van der Waals surface area (Å²) in [4.78, 5) is 0. The second-order valence-electron chi connectivity index (χ2n) is 3.05. The van der Waals surface area contributed by atoms with Gasteiger partial charge in [0, 0.05) is 18.1 Å². The van der Waals surface area contributed by atoms with E-state index in [2.05, 4.69) is 10.0 Å². The minimum absolute atomic E-state index is 0.574. The molecule has 5 heteroatoms. The van der Waals surface area contributed by atoms with Crippen molar-refractivity contribution < 1.29 is 8.42 Å². The molecule has 0 saturated carbocycles. The average Bonchev–Trinajstić information content (AvgIpc) is 2.41. The molecular weight excluding hydrogens is 212 g/mol. The quantitative estimate of drug-likeness (QED) is 0.658. The lowest BCUT2D eigenvalue weighted by Gasteiger charge is -2.03. The van der Waals surface area contributed by atoms with E-state index < -0.39 is 10.9 Å². The van der Waals surface area contributed by atoms with Gasteiger partial charge >= 0.3 is 0 Å². The van der Waals surface area contributed by atoms with Crippen LogP contribution in [0.25, 0.3) is 12.2 Å². The predicted octanol–water partition coefficient (Wildman–Crippen LogP) is 1.17. The predicted molar refractivity (Wildman–Crippen MR) is 61.6 cm³/mol. The van der Waals surface area contributed by atoms with Crippen LogP contribution in [0.1, 0.15) is 11.1 Å². The molecule has 0 saturated heterocycles. The zero-order chi connectivity index (χ0) is 10.7. The first-order chi connectivity index (χ1) is 7.25. The van der Waals surface area contributed by atoms with Gasteiger partial charge in [-0.3, -0.25) is 4.72 Å². The SMILES string of the molecule is O=[SH](=O)Nc1ccc2c(c1)C=CNC=C2. The van der Waals surface area contributed by atoms with Crippen LogP contribution in [0, 0.1) is 0 Å². The Kier molecular flexibility index (Phi) is 2.73. The largest absolute Gasteiger partial charge is 0.368 e. The molecule has 0 aliphatic carbocycles. The Hall–Kier alpha value is -1.75. The van der Waals surface area contributed by atoms with Crippen LogP contribution < -0.4 is 10.0 Å². The van der Waals surface area contributed by atoms with Crippen LogP contribution in [0.4, 0.5) is 5.69 Å². The number of thiol groups is 1. The van der Waals surface area contributed by atoms with Crippen molar-refractivity contribution in [2.45, 2.75) is 0 Å². The van der Waals surface area contributed by atoms with Gasteiger partial charge < -0.3 is 5.32 Å². The van der Waals surface area contributed by atoms with Crippen LogP contribution in [-0.2, 0) is 10.9 Å². The molecule has 78 valence electrons. The molecule has 2 N–H and O–H groups in total. The number of rotatable bonds is 2. The Balaban J connectivity index is 2.40. The standard InChI is InChI=1S/C10H10N2O2S/c13-15(14)12-10-2-1-8-3-5-11-6-4-9(8)7-10/h1-7,11,15H,(H,12,13,14). The maximum absolute atomic E-state index is 10.5. The molecule has 4 nitrogen and oxygen atoms in total. The summed E-state index contributed by atoms with van der Waals surface area (Å²) in [6.45, 7) is 0. The van der Waals surface area contributed by atoms with Crippen molar-refractivity contribution in [2.24, 2.45) is 0 Å². The third kappa shape index (κ3) is 2.38. The van der Waals surface area contributed by atoms with Gasteiger partial charge in [-0.05, 0) is 35.4 Å². The molecule has 1 aromatic rings. The fourth-order valence-electron chi connectivity index (χ4n) is 1.38. The molecule has 0 unspecified atom stereocenters. The van der Waals surface area contributed by atoms with Gasteiger partial charge in [0.25, 0.3) is 0 Å². The van der Waals surface area contributed by atoms with Gasteiger partial charge in [-0.2, -0.15) is 0 Å². The highest BCUT2D eigenvalue weighted by Crippen LogP contribution is 2.19. The van der Waals surface area contributed by atoms with Gasteiger partial charge in [0.1, 0.15) is 0 Å². The van der Waals surface area contributed by atoms with E-state index in [0.717, 1.165) is 11.1 Å². The Bertz CT molecular complexity index is 496. The lowest BCUT2D eigenvalue weighted by molar-refractivity contribution is 0.619. The molecule has 0 amide bonds. The highest BCUT2D eigenvalue weighted by molar-refractivity contribution is 7.73. The molecule has 1 aliphatic heterocycles. The summed E-state index contributed by atoms with van der Waals surface area (Å²) < 4.78 is 23.3. The van der Waals surface area contributed by atoms with Crippen LogP contribution in [0.3, 0.4) is 0 Å². The normalized spacial score (nSPS) is 13.1. The maximum atomic E-state index is 10.5. The minimum atomic E-state index is -2.60. The van der Waals surface area contributed by atoms with Gasteiger partial charge in [-0.25, -0.2) is 8.42 Å². The fraction of sp³-hybridized carbons (Fsp3) is 0. The van der Waals surface area contributed by atoms with Gasteiger partial charge in [0.2, 0.25) is 10.9 Å². The Morgan fingerprint density at radius 3 is 2.53 bits per heavy atom. The first-order valence-corrected chi connectivity index (χ1v) is 5.58. The van der Waals surface area contributed by atoms with Crippen molar-refractivity contribution in [1.82, 2.24) is 5.32 Å². The monoisotopic (exact) mass is 222 g/mol. The zero-order valence-electron chi connectivity index (χ0n) is 7.81. The van der Waals surface area contributed by atoms with Crippen LogP contribution >= 0.6 is 0 Å². The van der Waals surface area contributed by atoms with Crippen LogP contribution in [0.2, 0.25) is 0 Å². The molecule has 0 atom stereocenters. The van der Waals surface area contributed by atoms with Crippen molar-refractivity contribution in [3.05, 3.63) is 41.7 Å². The first-order valence-electron chi connectivity index (χ1n) is 4.40. The summed E-state index contributed by atoms with van der Waals surface area (Å²) in [5.74, 6) is 0. The second kappa shape index (κ2) is 4.18. The molecular formula is C10H10N2O2S. The first kappa shape index (κ1) is 9.79. The molecule has 0 bridgehead atoms. The third-order valence-corrected chi connectivity index (χ3v) is 2.47. The summed E-state index contributed by atoms with van der Waals surface area (Å²) in [5, 5.41) is 2.95. The topological polar surface area (TPSA) is 58.2 Å². The second-order valence-corrected chi connectivity index (χ2v) is 3.78. The summed E-state index contributed by atoms with van der Waals surface area (Å²) in [6, 6.07) is 5.38. The fourth-order valence-corrected chi connectivity index (χ4v) is 1.73. The van der Waals surface area contributed by atoms with Crippen LogP contribution in [0.15, 0.2) is 30.6 Å². The van der Waals surface area contributed by atoms with Crippen LogP contribution in [0.5, 0.6) is 0 Å². The van der Waals surface area contributed by atoms with Crippen molar-refractivity contribution in [3.63, 3.8) is 0 Å². The maximum Gasteiger partial charge on any atom is 0.222 e. The molecule has 15 heavy (non-hydrogen) atoms. The highest BCUT2D eigenvalue weighted by Gasteiger charge is 2.00. The van der Waals surface area contributed by atoms with E-state index in [9.17, 15) is 8.42 Å². The average molecular weight is 222 g/mol. The molecule has 0 spiro atoms. The Morgan fingerprint density at radius 2 is 1.80 bits per heavy atom. The lowest BCUT2D eigenvalue weighted by Crippen LogP contribution is -1.95. The molecule has 1 aliphatic rings. The summed E-state index contributed by atoms with van der Waals surface area (Å²) in [7, 11) is -2.60. The highest BCUT2D eigenvalue weighted by atomic mass is 32.2. The Labute approximate surface area is 89.4 Å². The van der Waals surface area contributed by atoms with Crippen molar-refractivity contribution >= 4 is 28.7 Å². The van der Waals surface area contributed by atoms with Crippen molar-refractivity contribution in [1.29, 1.82) is 0 Å². The zero-order valence-corrected chi connectivity index (χ0v) is 8.70. The number of nitrogens with one attached hydrogen (secondary N) is 2. The summed E-state index contributed by atoms with van der Waals surface area (Å²) >= 11 is 0. The van der Waals surface area contributed by atoms with E-state index in [1.165, 1.54) is 0 Å². The number of anilines is 1. The van der Waals surface area contributed by atoms with Gasteiger partial charge in [0.05, 0.1) is 0 Å². The van der Waals surface area contributed by atoms with Gasteiger partial charge in [-0.1, -0.05) is 6.07 Å². The van der Waals surface area contributed by atoms with E-state index >= 15 is 0 Å². The molecule has 2 rings (SSSR count). The van der Waals surface area contributed by atoms with E-state index in [1.807, 2.05) is 24.4 Å².